The summed E-state index contributed by atoms with van der Waals surface area (Å²) in [5, 5.41) is 2.57. The first-order valence-corrected chi connectivity index (χ1v) is 10.7. The molecule has 11 heteroatoms. The van der Waals surface area contributed by atoms with Crippen molar-refractivity contribution in [1.29, 1.82) is 0 Å². The van der Waals surface area contributed by atoms with Crippen molar-refractivity contribution in [3.8, 4) is 5.88 Å². The number of aromatic nitrogens is 1. The van der Waals surface area contributed by atoms with E-state index in [1.165, 1.54) is 28.6 Å². The van der Waals surface area contributed by atoms with E-state index in [2.05, 4.69) is 15.0 Å². The molecule has 0 spiro atoms. The highest BCUT2D eigenvalue weighted by Crippen LogP contribution is 2.23. The van der Waals surface area contributed by atoms with Crippen LogP contribution in [0.25, 0.3) is 0 Å². The van der Waals surface area contributed by atoms with Crippen LogP contribution in [0.3, 0.4) is 0 Å². The first-order valence-electron chi connectivity index (χ1n) is 9.22. The Morgan fingerprint density at radius 1 is 1.13 bits per heavy atom. The third-order valence-electron chi connectivity index (χ3n) is 4.43. The van der Waals surface area contributed by atoms with Crippen molar-refractivity contribution in [3.05, 3.63) is 48.2 Å². The largest absolute Gasteiger partial charge is 0.468 e. The molecule has 0 bridgehead atoms. The van der Waals surface area contributed by atoms with Gasteiger partial charge in [-0.1, -0.05) is 12.5 Å². The number of alkyl halides is 3. The van der Waals surface area contributed by atoms with Gasteiger partial charge >= 0.3 is 6.18 Å². The molecule has 162 valence electrons. The van der Waals surface area contributed by atoms with Gasteiger partial charge in [0.05, 0.1) is 10.5 Å². The number of anilines is 1. The highest BCUT2D eigenvalue weighted by Gasteiger charge is 2.29. The lowest BCUT2D eigenvalue weighted by Crippen LogP contribution is -2.35. The zero-order valence-electron chi connectivity index (χ0n) is 15.9. The second-order valence-corrected chi connectivity index (χ2v) is 8.67. The van der Waals surface area contributed by atoms with Crippen LogP contribution in [0.15, 0.2) is 47.5 Å². The maximum absolute atomic E-state index is 12.8. The molecule has 3 rings (SSSR count). The van der Waals surface area contributed by atoms with Crippen LogP contribution in [0.4, 0.5) is 18.9 Å². The van der Waals surface area contributed by atoms with E-state index in [-0.39, 0.29) is 22.0 Å². The van der Waals surface area contributed by atoms with Crippen LogP contribution in [0.2, 0.25) is 0 Å². The standard InChI is InChI=1S/C19H20F3N3O4S/c20-19(21,22)13-29-17-8-7-14(12-23-17)18(26)24-15-5-4-6-16(11-15)30(27,28)25-9-2-1-3-10-25/h4-8,11-12H,1-3,9-10,13H2,(H,24,26). The first-order chi connectivity index (χ1) is 14.1. The fourth-order valence-electron chi connectivity index (χ4n) is 2.95. The lowest BCUT2D eigenvalue weighted by atomic mass is 10.2. The summed E-state index contributed by atoms with van der Waals surface area (Å²) in [5.74, 6) is -0.851. The number of ether oxygens (including phenoxy) is 1. The number of halogens is 3. The van der Waals surface area contributed by atoms with E-state index in [1.807, 2.05) is 0 Å². The van der Waals surface area contributed by atoms with Gasteiger partial charge in [-0.05, 0) is 37.1 Å². The molecule has 0 unspecified atom stereocenters. The third kappa shape index (κ3) is 5.70. The molecule has 1 aromatic heterocycles. The van der Waals surface area contributed by atoms with E-state index in [4.69, 9.17) is 0 Å². The molecule has 1 fully saturated rings. The smallest absolute Gasteiger partial charge is 0.422 e. The number of hydrogen-bond acceptors (Lipinski definition) is 5. The Kier molecular flexibility index (Phi) is 6.61. The Balaban J connectivity index is 1.68. The van der Waals surface area contributed by atoms with Crippen molar-refractivity contribution in [3.63, 3.8) is 0 Å². The molecule has 0 aliphatic carbocycles. The van der Waals surface area contributed by atoms with Crippen LogP contribution >= 0.6 is 0 Å². The van der Waals surface area contributed by atoms with Crippen LogP contribution in [0.5, 0.6) is 5.88 Å². The van der Waals surface area contributed by atoms with Gasteiger partial charge in [-0.25, -0.2) is 13.4 Å². The molecule has 1 aliphatic rings. The Labute approximate surface area is 171 Å². The second kappa shape index (κ2) is 9.00. The summed E-state index contributed by atoms with van der Waals surface area (Å²) in [7, 11) is -3.65. The van der Waals surface area contributed by atoms with Gasteiger partial charge in [0.2, 0.25) is 15.9 Å². The van der Waals surface area contributed by atoms with Gasteiger partial charge in [-0.2, -0.15) is 17.5 Å². The minimum atomic E-state index is -4.49. The van der Waals surface area contributed by atoms with E-state index in [1.54, 1.807) is 6.07 Å². The molecule has 1 N–H and O–H groups in total. The van der Waals surface area contributed by atoms with Crippen LogP contribution in [-0.4, -0.2) is 49.5 Å². The number of hydrogen-bond donors (Lipinski definition) is 1. The summed E-state index contributed by atoms with van der Waals surface area (Å²) in [5.41, 5.74) is 0.356. The molecule has 2 aromatic rings. The van der Waals surface area contributed by atoms with Crippen molar-refractivity contribution in [2.24, 2.45) is 0 Å². The maximum Gasteiger partial charge on any atom is 0.422 e. The summed E-state index contributed by atoms with van der Waals surface area (Å²) < 4.78 is 68.0. The molecule has 30 heavy (non-hydrogen) atoms. The Morgan fingerprint density at radius 2 is 1.87 bits per heavy atom. The van der Waals surface area contributed by atoms with E-state index in [0.717, 1.165) is 31.5 Å². The minimum absolute atomic E-state index is 0.0798. The first kappa shape index (κ1) is 22.0. The van der Waals surface area contributed by atoms with Crippen molar-refractivity contribution >= 4 is 21.6 Å². The van der Waals surface area contributed by atoms with Gasteiger partial charge < -0.3 is 10.1 Å². The minimum Gasteiger partial charge on any atom is -0.468 e. The summed E-state index contributed by atoms with van der Waals surface area (Å²) >= 11 is 0. The third-order valence-corrected chi connectivity index (χ3v) is 6.32. The van der Waals surface area contributed by atoms with E-state index in [0.29, 0.717) is 13.1 Å². The number of carbonyl (C=O) groups excluding carboxylic acids is 1. The lowest BCUT2D eigenvalue weighted by molar-refractivity contribution is -0.154. The predicted octanol–water partition coefficient (Wildman–Crippen LogP) is 3.45. The summed E-state index contributed by atoms with van der Waals surface area (Å²) in [6.45, 7) is -0.551. The molecule has 0 saturated carbocycles. The number of nitrogens with zero attached hydrogens (tertiary/aromatic N) is 2. The quantitative estimate of drug-likeness (QED) is 0.739. The van der Waals surface area contributed by atoms with Crippen LogP contribution in [-0.2, 0) is 10.0 Å². The van der Waals surface area contributed by atoms with Crippen molar-refractivity contribution in [2.45, 2.75) is 30.3 Å². The topological polar surface area (TPSA) is 88.6 Å². The van der Waals surface area contributed by atoms with Gasteiger partial charge in [0.15, 0.2) is 6.61 Å². The zero-order chi connectivity index (χ0) is 21.8. The molecule has 2 heterocycles. The fourth-order valence-corrected chi connectivity index (χ4v) is 4.51. The Morgan fingerprint density at radius 3 is 2.50 bits per heavy atom. The molecule has 1 aromatic carbocycles. The molecule has 1 saturated heterocycles. The predicted molar refractivity (Wildman–Crippen MR) is 103 cm³/mol. The van der Waals surface area contributed by atoms with Gasteiger partial charge in [0.1, 0.15) is 0 Å². The number of benzene rings is 1. The Hall–Kier alpha value is -2.66. The normalized spacial score (nSPS) is 15.6. The summed E-state index contributed by atoms with van der Waals surface area (Å²) in [6.07, 6.45) is -0.792. The van der Waals surface area contributed by atoms with E-state index < -0.39 is 28.7 Å². The van der Waals surface area contributed by atoms with Crippen LogP contribution < -0.4 is 10.1 Å². The van der Waals surface area contributed by atoms with Gasteiger partial charge in [0, 0.05) is 31.0 Å². The molecular formula is C19H20F3N3O4S. The number of pyridine rings is 1. The zero-order valence-corrected chi connectivity index (χ0v) is 16.7. The molecule has 1 aliphatic heterocycles. The summed E-state index contributed by atoms with van der Waals surface area (Å²) in [6, 6.07) is 8.32. The van der Waals surface area contributed by atoms with Gasteiger partial charge in [0.25, 0.3) is 5.91 Å². The van der Waals surface area contributed by atoms with Gasteiger partial charge in [-0.15, -0.1) is 0 Å². The van der Waals surface area contributed by atoms with E-state index >= 15 is 0 Å². The average molecular weight is 443 g/mol. The second-order valence-electron chi connectivity index (χ2n) is 6.74. The number of piperidine rings is 1. The van der Waals surface area contributed by atoms with Crippen LogP contribution in [0.1, 0.15) is 29.6 Å². The SMILES string of the molecule is O=C(Nc1cccc(S(=O)(=O)N2CCCCC2)c1)c1ccc(OCC(F)(F)F)nc1. The monoisotopic (exact) mass is 443 g/mol. The van der Waals surface area contributed by atoms with Gasteiger partial charge in [-0.3, -0.25) is 4.79 Å². The molecular weight excluding hydrogens is 423 g/mol. The number of amides is 1. The van der Waals surface area contributed by atoms with E-state index in [9.17, 15) is 26.4 Å². The highest BCUT2D eigenvalue weighted by molar-refractivity contribution is 7.89. The number of rotatable bonds is 6. The number of carbonyl (C=O) groups is 1. The molecule has 0 atom stereocenters. The van der Waals surface area contributed by atoms with Crippen LogP contribution in [0, 0.1) is 0 Å². The molecule has 1 amide bonds. The Bertz CT molecular complexity index is 989. The number of sulfonamides is 1. The average Bonchev–Trinajstić information content (AvgIpc) is 2.73. The van der Waals surface area contributed by atoms with Crippen molar-refractivity contribution in [1.82, 2.24) is 9.29 Å². The lowest BCUT2D eigenvalue weighted by Gasteiger charge is -2.26. The summed E-state index contributed by atoms with van der Waals surface area (Å²) in [4.78, 5) is 16.1. The van der Waals surface area contributed by atoms with Crippen molar-refractivity contribution in [2.75, 3.05) is 25.0 Å². The van der Waals surface area contributed by atoms with Crippen molar-refractivity contribution < 1.29 is 31.1 Å². The maximum atomic E-state index is 12.8. The highest BCUT2D eigenvalue weighted by atomic mass is 32.2. The number of nitrogens with one attached hydrogen (secondary N) is 1. The molecule has 0 radical (unpaired) electrons. The molecule has 7 nitrogen and oxygen atoms in total. The fraction of sp³-hybridized carbons (Fsp3) is 0.368.